The van der Waals surface area contributed by atoms with Gasteiger partial charge in [0, 0.05) is 20.1 Å². The maximum absolute atomic E-state index is 5.65. The van der Waals surface area contributed by atoms with Gasteiger partial charge >= 0.3 is 0 Å². The van der Waals surface area contributed by atoms with Crippen LogP contribution in [0.1, 0.15) is 25.0 Å². The molecule has 1 aromatic rings. The second-order valence-electron chi connectivity index (χ2n) is 4.88. The fourth-order valence-corrected chi connectivity index (χ4v) is 3.07. The van der Waals surface area contributed by atoms with Gasteiger partial charge in [-0.2, -0.15) is 5.10 Å². The number of nitrogens with zero attached hydrogens (tertiary/aromatic N) is 3. The third-order valence-corrected chi connectivity index (χ3v) is 4.22. The fraction of sp³-hybridized carbons (Fsp3) is 0.750. The van der Waals surface area contributed by atoms with E-state index < -0.39 is 0 Å². The molecule has 1 aliphatic rings. The molecule has 17 heavy (non-hydrogen) atoms. The molecule has 0 saturated carbocycles. The van der Waals surface area contributed by atoms with Crippen LogP contribution in [0.5, 0.6) is 0 Å². The van der Waals surface area contributed by atoms with E-state index in [-0.39, 0.29) is 0 Å². The van der Waals surface area contributed by atoms with E-state index in [9.17, 15) is 0 Å². The van der Waals surface area contributed by atoms with Crippen LogP contribution >= 0.6 is 15.9 Å². The second kappa shape index (κ2) is 5.98. The Morgan fingerprint density at radius 2 is 2.41 bits per heavy atom. The molecule has 1 aromatic heterocycles. The van der Waals surface area contributed by atoms with Gasteiger partial charge in [-0.25, -0.2) is 0 Å². The van der Waals surface area contributed by atoms with Gasteiger partial charge in [0.05, 0.1) is 16.4 Å². The maximum Gasteiger partial charge on any atom is 0.0663 e. The first kappa shape index (κ1) is 13.1. The molecule has 0 spiro atoms. The maximum atomic E-state index is 5.65. The second-order valence-corrected chi connectivity index (χ2v) is 5.74. The van der Waals surface area contributed by atoms with E-state index >= 15 is 0 Å². The first-order valence-corrected chi connectivity index (χ1v) is 7.08. The van der Waals surface area contributed by atoms with E-state index in [4.69, 9.17) is 5.73 Å². The number of halogens is 1. The van der Waals surface area contributed by atoms with E-state index in [1.165, 1.54) is 31.6 Å². The lowest BCUT2D eigenvalue weighted by atomic mass is 9.95. The topological polar surface area (TPSA) is 47.1 Å². The van der Waals surface area contributed by atoms with E-state index in [0.29, 0.717) is 0 Å². The number of rotatable bonds is 4. The van der Waals surface area contributed by atoms with E-state index in [2.05, 4.69) is 25.9 Å². The van der Waals surface area contributed by atoms with Crippen LogP contribution in [0, 0.1) is 5.92 Å². The predicted octanol–water partition coefficient (Wildman–Crippen LogP) is 1.74. The number of nitrogens with two attached hydrogens (primary N) is 1. The van der Waals surface area contributed by atoms with Crippen LogP contribution in [-0.2, 0) is 13.6 Å². The molecule has 0 radical (unpaired) electrons. The van der Waals surface area contributed by atoms with Crippen molar-refractivity contribution in [2.75, 3.05) is 19.6 Å². The molecular weight excluding hydrogens is 280 g/mol. The summed E-state index contributed by atoms with van der Waals surface area (Å²) in [6.45, 7) is 4.17. The van der Waals surface area contributed by atoms with Gasteiger partial charge in [-0.05, 0) is 54.2 Å². The Hall–Kier alpha value is -0.390. The molecule has 2 N–H and O–H groups in total. The van der Waals surface area contributed by atoms with Crippen molar-refractivity contribution in [1.29, 1.82) is 0 Å². The smallest absolute Gasteiger partial charge is 0.0663 e. The molecule has 0 amide bonds. The first-order valence-electron chi connectivity index (χ1n) is 6.29. The SMILES string of the molecule is Cn1ncc(Br)c1CN1CCCC(CCN)C1. The Morgan fingerprint density at radius 3 is 3.06 bits per heavy atom. The van der Waals surface area contributed by atoms with Gasteiger partial charge in [-0.1, -0.05) is 0 Å². The van der Waals surface area contributed by atoms with Gasteiger partial charge in [0.15, 0.2) is 0 Å². The van der Waals surface area contributed by atoms with Gasteiger partial charge in [0.25, 0.3) is 0 Å². The molecule has 1 aliphatic heterocycles. The molecule has 4 nitrogen and oxygen atoms in total. The molecule has 1 saturated heterocycles. The Bertz CT molecular complexity index is 342. The lowest BCUT2D eigenvalue weighted by Crippen LogP contribution is -2.36. The summed E-state index contributed by atoms with van der Waals surface area (Å²) in [5, 5.41) is 4.26. The van der Waals surface area contributed by atoms with E-state index in [1.54, 1.807) is 0 Å². The molecule has 1 atom stereocenters. The van der Waals surface area contributed by atoms with Gasteiger partial charge in [0.1, 0.15) is 0 Å². The third kappa shape index (κ3) is 3.30. The Labute approximate surface area is 111 Å². The van der Waals surface area contributed by atoms with Crippen molar-refractivity contribution in [2.24, 2.45) is 18.7 Å². The average molecular weight is 301 g/mol. The van der Waals surface area contributed by atoms with Crippen molar-refractivity contribution >= 4 is 15.9 Å². The molecule has 96 valence electrons. The minimum absolute atomic E-state index is 0.778. The van der Waals surface area contributed by atoms with Gasteiger partial charge < -0.3 is 5.73 Å². The van der Waals surface area contributed by atoms with Crippen LogP contribution in [0.4, 0.5) is 0 Å². The Kier molecular flexibility index (Phi) is 4.59. The molecule has 2 heterocycles. The largest absolute Gasteiger partial charge is 0.330 e. The lowest BCUT2D eigenvalue weighted by Gasteiger charge is -2.32. The number of hydrogen-bond acceptors (Lipinski definition) is 3. The molecule has 0 aromatic carbocycles. The van der Waals surface area contributed by atoms with Gasteiger partial charge in [-0.15, -0.1) is 0 Å². The molecule has 0 aliphatic carbocycles. The van der Waals surface area contributed by atoms with Crippen LogP contribution < -0.4 is 5.73 Å². The number of likely N-dealkylation sites (tertiary alicyclic amines) is 1. The molecule has 1 fully saturated rings. The fourth-order valence-electron chi connectivity index (χ4n) is 2.59. The third-order valence-electron chi connectivity index (χ3n) is 3.56. The molecule has 0 bridgehead atoms. The highest BCUT2D eigenvalue weighted by molar-refractivity contribution is 9.10. The normalized spacial score (nSPS) is 21.9. The van der Waals surface area contributed by atoms with Crippen molar-refractivity contribution in [3.05, 3.63) is 16.4 Å². The summed E-state index contributed by atoms with van der Waals surface area (Å²) in [4.78, 5) is 2.52. The number of piperidine rings is 1. The number of hydrogen-bond donors (Lipinski definition) is 1. The van der Waals surface area contributed by atoms with Crippen molar-refractivity contribution in [3.8, 4) is 0 Å². The van der Waals surface area contributed by atoms with Crippen LogP contribution in [0.3, 0.4) is 0 Å². The highest BCUT2D eigenvalue weighted by Gasteiger charge is 2.20. The van der Waals surface area contributed by atoms with Crippen molar-refractivity contribution in [3.63, 3.8) is 0 Å². The summed E-state index contributed by atoms with van der Waals surface area (Å²) < 4.78 is 3.07. The van der Waals surface area contributed by atoms with Crippen molar-refractivity contribution < 1.29 is 0 Å². The monoisotopic (exact) mass is 300 g/mol. The predicted molar refractivity (Wildman–Crippen MR) is 72.6 cm³/mol. The van der Waals surface area contributed by atoms with Crippen LogP contribution in [-0.4, -0.2) is 34.3 Å². The molecule has 5 heteroatoms. The summed E-state index contributed by atoms with van der Waals surface area (Å²) in [5.74, 6) is 0.778. The van der Waals surface area contributed by atoms with Gasteiger partial charge in [0.2, 0.25) is 0 Å². The number of aryl methyl sites for hydroxylation is 1. The molecule has 2 rings (SSSR count). The molecule has 1 unspecified atom stereocenters. The first-order chi connectivity index (χ1) is 8.20. The summed E-state index contributed by atoms with van der Waals surface area (Å²) in [6, 6.07) is 0. The highest BCUT2D eigenvalue weighted by atomic mass is 79.9. The standard InChI is InChI=1S/C12H21BrN4/c1-16-12(11(13)7-15-16)9-17-6-2-3-10(8-17)4-5-14/h7,10H,2-6,8-9,14H2,1H3. The zero-order valence-corrected chi connectivity index (χ0v) is 12.0. The molecular formula is C12H21BrN4. The van der Waals surface area contributed by atoms with E-state index in [1.807, 2.05) is 17.9 Å². The quantitative estimate of drug-likeness (QED) is 0.921. The highest BCUT2D eigenvalue weighted by Crippen LogP contribution is 2.23. The zero-order chi connectivity index (χ0) is 12.3. The van der Waals surface area contributed by atoms with Crippen LogP contribution in [0.25, 0.3) is 0 Å². The average Bonchev–Trinajstić information content (AvgIpc) is 2.62. The lowest BCUT2D eigenvalue weighted by molar-refractivity contribution is 0.159. The summed E-state index contributed by atoms with van der Waals surface area (Å²) in [7, 11) is 2.00. The van der Waals surface area contributed by atoms with E-state index in [0.717, 1.165) is 29.9 Å². The summed E-state index contributed by atoms with van der Waals surface area (Å²) in [5.41, 5.74) is 6.91. The summed E-state index contributed by atoms with van der Waals surface area (Å²) in [6.07, 6.45) is 5.65. The Balaban J connectivity index is 1.94. The minimum atomic E-state index is 0.778. The van der Waals surface area contributed by atoms with Gasteiger partial charge in [-0.3, -0.25) is 9.58 Å². The number of aromatic nitrogens is 2. The summed E-state index contributed by atoms with van der Waals surface area (Å²) >= 11 is 3.56. The zero-order valence-electron chi connectivity index (χ0n) is 10.4. The van der Waals surface area contributed by atoms with Crippen LogP contribution in [0.2, 0.25) is 0 Å². The Morgan fingerprint density at radius 1 is 1.59 bits per heavy atom. The van der Waals surface area contributed by atoms with Crippen molar-refractivity contribution in [1.82, 2.24) is 14.7 Å². The van der Waals surface area contributed by atoms with Crippen LogP contribution in [0.15, 0.2) is 10.7 Å². The van der Waals surface area contributed by atoms with Crippen molar-refractivity contribution in [2.45, 2.75) is 25.8 Å². The minimum Gasteiger partial charge on any atom is -0.330 e.